The summed E-state index contributed by atoms with van der Waals surface area (Å²) in [5.41, 5.74) is 2.54. The quantitative estimate of drug-likeness (QED) is 0.908. The van der Waals surface area contributed by atoms with Crippen molar-refractivity contribution in [2.24, 2.45) is 0 Å². The zero-order chi connectivity index (χ0) is 14.9. The van der Waals surface area contributed by atoms with Crippen molar-refractivity contribution in [3.63, 3.8) is 0 Å². The van der Waals surface area contributed by atoms with E-state index in [-0.39, 0.29) is 10.9 Å². The van der Waals surface area contributed by atoms with Crippen molar-refractivity contribution in [3.8, 4) is 0 Å². The Labute approximate surface area is 132 Å². The summed E-state index contributed by atoms with van der Waals surface area (Å²) in [6, 6.07) is 9.69. The van der Waals surface area contributed by atoms with Crippen molar-refractivity contribution < 1.29 is 8.42 Å². The number of halogens is 1. The molecule has 1 atom stereocenters. The van der Waals surface area contributed by atoms with Crippen LogP contribution in [0.2, 0.25) is 0 Å². The lowest BCUT2D eigenvalue weighted by atomic mass is 9.89. The van der Waals surface area contributed by atoms with Gasteiger partial charge in [0.25, 0.3) is 0 Å². The first-order chi connectivity index (χ1) is 10.0. The minimum Gasteiger partial charge on any atom is -0.262 e. The maximum absolute atomic E-state index is 12.4. The minimum absolute atomic E-state index is 0.0659. The molecule has 0 spiro atoms. The molecule has 1 aromatic carbocycles. The molecule has 2 aromatic rings. The maximum atomic E-state index is 12.4. The monoisotopic (exact) mass is 366 g/mol. The van der Waals surface area contributed by atoms with E-state index < -0.39 is 10.0 Å². The third-order valence-electron chi connectivity index (χ3n) is 3.66. The average molecular weight is 367 g/mol. The van der Waals surface area contributed by atoms with Crippen LogP contribution < -0.4 is 4.72 Å². The van der Waals surface area contributed by atoms with Crippen LogP contribution in [0, 0.1) is 0 Å². The summed E-state index contributed by atoms with van der Waals surface area (Å²) in [5, 5.41) is 0. The van der Waals surface area contributed by atoms with E-state index in [2.05, 4.69) is 37.8 Å². The van der Waals surface area contributed by atoms with E-state index in [0.29, 0.717) is 4.47 Å². The Hall–Kier alpha value is -1.24. The number of aromatic nitrogens is 1. The van der Waals surface area contributed by atoms with Crippen molar-refractivity contribution in [1.29, 1.82) is 0 Å². The Bertz CT molecular complexity index is 762. The zero-order valence-corrected chi connectivity index (χ0v) is 13.7. The summed E-state index contributed by atoms with van der Waals surface area (Å²) in [6.07, 6.45) is 5.38. The van der Waals surface area contributed by atoms with Crippen LogP contribution >= 0.6 is 15.9 Å². The predicted octanol–water partition coefficient (Wildman–Crippen LogP) is 2.68. The lowest BCUT2D eigenvalue weighted by Crippen LogP contribution is -2.38. The second-order valence-corrected chi connectivity index (χ2v) is 7.80. The molecule has 0 saturated heterocycles. The van der Waals surface area contributed by atoms with E-state index in [1.807, 2.05) is 12.1 Å². The molecule has 0 amide bonds. The van der Waals surface area contributed by atoms with E-state index in [0.717, 1.165) is 19.3 Å². The number of nitrogens with zero attached hydrogens (tertiary/aromatic N) is 1. The molecule has 110 valence electrons. The van der Waals surface area contributed by atoms with E-state index in [9.17, 15) is 8.42 Å². The molecule has 0 radical (unpaired) electrons. The molecule has 1 aliphatic rings. The van der Waals surface area contributed by atoms with Crippen LogP contribution in [0.3, 0.4) is 0 Å². The third kappa shape index (κ3) is 3.33. The Morgan fingerprint density at radius 2 is 1.95 bits per heavy atom. The molecular formula is C15H15BrN2O2S. The van der Waals surface area contributed by atoms with Gasteiger partial charge in [-0.3, -0.25) is 4.98 Å². The van der Waals surface area contributed by atoms with Crippen LogP contribution in [0.15, 0.2) is 52.1 Å². The maximum Gasteiger partial charge on any atom is 0.242 e. The van der Waals surface area contributed by atoms with Crippen LogP contribution in [0.1, 0.15) is 17.5 Å². The van der Waals surface area contributed by atoms with E-state index in [1.54, 1.807) is 12.3 Å². The molecule has 1 heterocycles. The minimum atomic E-state index is -3.53. The normalized spacial score (nSPS) is 18.2. The molecule has 1 aliphatic carbocycles. The van der Waals surface area contributed by atoms with E-state index in [1.165, 1.54) is 17.3 Å². The Kier molecular flexibility index (Phi) is 4.10. The first-order valence-electron chi connectivity index (χ1n) is 6.74. The summed E-state index contributed by atoms with van der Waals surface area (Å²) in [5.74, 6) is 0. The van der Waals surface area contributed by atoms with Crippen LogP contribution in [-0.2, 0) is 22.9 Å². The van der Waals surface area contributed by atoms with Gasteiger partial charge in [0.1, 0.15) is 4.90 Å². The first-order valence-corrected chi connectivity index (χ1v) is 9.02. The second kappa shape index (κ2) is 5.87. The van der Waals surface area contributed by atoms with E-state index >= 15 is 0 Å². The highest BCUT2D eigenvalue weighted by molar-refractivity contribution is 9.10. The fourth-order valence-corrected chi connectivity index (χ4v) is 4.40. The van der Waals surface area contributed by atoms with Gasteiger partial charge in [0, 0.05) is 22.9 Å². The summed E-state index contributed by atoms with van der Waals surface area (Å²) >= 11 is 3.25. The molecule has 1 unspecified atom stereocenters. The Morgan fingerprint density at radius 3 is 2.71 bits per heavy atom. The molecule has 21 heavy (non-hydrogen) atoms. The fraction of sp³-hybridized carbons (Fsp3) is 0.267. The molecule has 0 bridgehead atoms. The van der Waals surface area contributed by atoms with E-state index in [4.69, 9.17) is 0 Å². The van der Waals surface area contributed by atoms with Gasteiger partial charge in [-0.25, -0.2) is 13.1 Å². The van der Waals surface area contributed by atoms with Gasteiger partial charge in [-0.2, -0.15) is 0 Å². The number of benzene rings is 1. The molecule has 0 fully saturated rings. The molecule has 1 N–H and O–H groups in total. The van der Waals surface area contributed by atoms with Crippen molar-refractivity contribution in [2.75, 3.05) is 0 Å². The number of aryl methyl sites for hydroxylation is 1. The number of fused-ring (bicyclic) bond motifs is 1. The van der Waals surface area contributed by atoms with Crippen molar-refractivity contribution in [3.05, 3.63) is 58.3 Å². The third-order valence-corrected chi connectivity index (χ3v) is 5.58. The van der Waals surface area contributed by atoms with Gasteiger partial charge in [0.15, 0.2) is 0 Å². The van der Waals surface area contributed by atoms with Crippen molar-refractivity contribution >= 4 is 26.0 Å². The van der Waals surface area contributed by atoms with Gasteiger partial charge in [-0.1, -0.05) is 24.3 Å². The summed E-state index contributed by atoms with van der Waals surface area (Å²) < 4.78 is 28.2. The SMILES string of the molecule is O=S(=O)(NC1CCc2ccccc2C1)c1cncc(Br)c1. The molecule has 1 aromatic heterocycles. The number of rotatable bonds is 3. The summed E-state index contributed by atoms with van der Waals surface area (Å²) in [7, 11) is -3.53. The average Bonchev–Trinajstić information content (AvgIpc) is 2.47. The first kappa shape index (κ1) is 14.7. The summed E-state index contributed by atoms with van der Waals surface area (Å²) in [6.45, 7) is 0. The molecule has 0 aliphatic heterocycles. The largest absolute Gasteiger partial charge is 0.262 e. The molecule has 0 saturated carbocycles. The van der Waals surface area contributed by atoms with Gasteiger partial charge in [0.2, 0.25) is 10.0 Å². The Morgan fingerprint density at radius 1 is 1.19 bits per heavy atom. The van der Waals surface area contributed by atoms with Crippen LogP contribution in [-0.4, -0.2) is 19.4 Å². The highest BCUT2D eigenvalue weighted by atomic mass is 79.9. The number of hydrogen-bond acceptors (Lipinski definition) is 3. The highest BCUT2D eigenvalue weighted by Crippen LogP contribution is 2.23. The van der Waals surface area contributed by atoms with Crippen molar-refractivity contribution in [1.82, 2.24) is 9.71 Å². The fourth-order valence-electron chi connectivity index (χ4n) is 2.63. The number of hydrogen-bond donors (Lipinski definition) is 1. The van der Waals surface area contributed by atoms with Gasteiger partial charge >= 0.3 is 0 Å². The number of nitrogens with one attached hydrogen (secondary N) is 1. The standard InChI is InChI=1S/C15H15BrN2O2S/c16-13-8-15(10-17-9-13)21(19,20)18-14-6-5-11-3-1-2-4-12(11)7-14/h1-4,8-10,14,18H,5-7H2. The lowest BCUT2D eigenvalue weighted by molar-refractivity contribution is 0.507. The summed E-state index contributed by atoms with van der Waals surface area (Å²) in [4.78, 5) is 4.10. The van der Waals surface area contributed by atoms with Crippen LogP contribution in [0.5, 0.6) is 0 Å². The van der Waals surface area contributed by atoms with Crippen LogP contribution in [0.25, 0.3) is 0 Å². The molecule has 6 heteroatoms. The molecule has 4 nitrogen and oxygen atoms in total. The number of pyridine rings is 1. The van der Waals surface area contributed by atoms with Crippen LogP contribution in [0.4, 0.5) is 0 Å². The van der Waals surface area contributed by atoms with Gasteiger partial charge in [-0.05, 0) is 52.4 Å². The number of sulfonamides is 1. The van der Waals surface area contributed by atoms with Gasteiger partial charge in [-0.15, -0.1) is 0 Å². The zero-order valence-electron chi connectivity index (χ0n) is 11.3. The smallest absolute Gasteiger partial charge is 0.242 e. The van der Waals surface area contributed by atoms with Crippen molar-refractivity contribution in [2.45, 2.75) is 30.2 Å². The second-order valence-electron chi connectivity index (χ2n) is 5.17. The van der Waals surface area contributed by atoms with Gasteiger partial charge in [0.05, 0.1) is 0 Å². The molecular weight excluding hydrogens is 352 g/mol. The Balaban J connectivity index is 1.78. The topological polar surface area (TPSA) is 59.1 Å². The van der Waals surface area contributed by atoms with Gasteiger partial charge < -0.3 is 0 Å². The lowest BCUT2D eigenvalue weighted by Gasteiger charge is -2.25. The highest BCUT2D eigenvalue weighted by Gasteiger charge is 2.24. The molecule has 3 rings (SSSR count). The predicted molar refractivity (Wildman–Crippen MR) is 84.5 cm³/mol.